The minimum absolute atomic E-state index is 0.582. The van der Waals surface area contributed by atoms with Gasteiger partial charge in [-0.25, -0.2) is 0 Å². The number of halogens is 3. The lowest BCUT2D eigenvalue weighted by Gasteiger charge is -2.17. The van der Waals surface area contributed by atoms with Crippen LogP contribution in [-0.4, -0.2) is 6.54 Å². The van der Waals surface area contributed by atoms with Crippen LogP contribution in [-0.2, 0) is 6.42 Å². The van der Waals surface area contributed by atoms with Crippen LogP contribution in [0.2, 0.25) is 15.1 Å². The Balaban J connectivity index is 2.12. The van der Waals surface area contributed by atoms with Gasteiger partial charge in [0.25, 0.3) is 0 Å². The Morgan fingerprint density at radius 3 is 2.13 bits per heavy atom. The summed E-state index contributed by atoms with van der Waals surface area (Å²) in [6, 6.07) is 3.47. The molecule has 1 N–H and O–H groups in total. The second-order valence-corrected chi connectivity index (χ2v) is 4.78. The maximum Gasteiger partial charge on any atom is 0.0467 e. The van der Waals surface area contributed by atoms with Gasteiger partial charge in [-0.1, -0.05) is 34.8 Å². The van der Waals surface area contributed by atoms with Crippen LogP contribution in [0.25, 0.3) is 0 Å². The second-order valence-electron chi connectivity index (χ2n) is 3.53. The molecule has 0 saturated heterocycles. The summed E-state index contributed by atoms with van der Waals surface area (Å²) in [5.41, 5.74) is 2.38. The van der Waals surface area contributed by atoms with E-state index in [0.29, 0.717) is 15.1 Å². The molecular weight excluding hydrogens is 252 g/mol. The summed E-state index contributed by atoms with van der Waals surface area (Å²) in [6.45, 7) is 0.975. The third kappa shape index (κ3) is 2.60. The topological polar surface area (TPSA) is 12.0 Å². The Morgan fingerprint density at radius 2 is 1.67 bits per heavy atom. The molecule has 0 amide bonds. The first-order chi connectivity index (χ1) is 7.16. The summed E-state index contributed by atoms with van der Waals surface area (Å²) in [5, 5.41) is 4.97. The van der Waals surface area contributed by atoms with Gasteiger partial charge in [0, 0.05) is 21.6 Å². The highest BCUT2D eigenvalue weighted by atomic mass is 35.5. The quantitative estimate of drug-likeness (QED) is 0.866. The summed E-state index contributed by atoms with van der Waals surface area (Å²) in [7, 11) is 0. The second kappa shape index (κ2) is 4.65. The monoisotopic (exact) mass is 261 g/mol. The molecule has 1 aliphatic rings. The Labute approximate surface area is 104 Å². The van der Waals surface area contributed by atoms with E-state index in [1.54, 1.807) is 12.1 Å². The Morgan fingerprint density at radius 1 is 1.07 bits per heavy atom. The number of rotatable bonds is 3. The predicted octanol–water partition coefficient (Wildman–Crippen LogP) is 4.07. The fourth-order valence-electron chi connectivity index (χ4n) is 1.50. The van der Waals surface area contributed by atoms with Gasteiger partial charge in [0.15, 0.2) is 0 Å². The van der Waals surface area contributed by atoms with Crippen LogP contribution >= 0.6 is 34.8 Å². The van der Waals surface area contributed by atoms with E-state index in [-0.39, 0.29) is 0 Å². The van der Waals surface area contributed by atoms with Gasteiger partial charge in [-0.3, -0.25) is 0 Å². The number of nitrogens with one attached hydrogen (secondary N) is 1. The van der Waals surface area contributed by atoms with Crippen LogP contribution in [0.5, 0.6) is 0 Å². The fourth-order valence-corrected chi connectivity index (χ4v) is 2.51. The lowest BCUT2D eigenvalue weighted by molar-refractivity contribution is 0.757. The molecule has 0 spiro atoms. The molecule has 15 heavy (non-hydrogen) atoms. The standard InChI is InChI=1S/C11H10Cl3N/c12-8-3-10(13)9(11(14)4-8)2-1-7-5-15-6-7/h3-5,15H,1-2,6H2. The minimum Gasteiger partial charge on any atom is -0.387 e. The Hall–Kier alpha value is -0.370. The van der Waals surface area contributed by atoms with Crippen LogP contribution in [0.3, 0.4) is 0 Å². The molecule has 0 aromatic heterocycles. The Kier molecular flexibility index (Phi) is 3.45. The van der Waals surface area contributed by atoms with Crippen LogP contribution in [0.1, 0.15) is 12.0 Å². The molecule has 1 aliphatic heterocycles. The first-order valence-corrected chi connectivity index (χ1v) is 5.85. The van der Waals surface area contributed by atoms with E-state index in [0.717, 1.165) is 24.9 Å². The SMILES string of the molecule is Clc1cc(Cl)c(CCC2=CNC2)c(Cl)c1. The van der Waals surface area contributed by atoms with Crippen LogP contribution in [0.15, 0.2) is 23.9 Å². The van der Waals surface area contributed by atoms with Gasteiger partial charge in [-0.2, -0.15) is 0 Å². The zero-order valence-electron chi connectivity index (χ0n) is 7.99. The zero-order valence-corrected chi connectivity index (χ0v) is 10.3. The molecule has 1 heterocycles. The summed E-state index contributed by atoms with van der Waals surface area (Å²) in [6.07, 6.45) is 3.88. The zero-order chi connectivity index (χ0) is 10.8. The summed E-state index contributed by atoms with van der Waals surface area (Å²) < 4.78 is 0. The molecule has 0 bridgehead atoms. The summed E-state index contributed by atoms with van der Waals surface area (Å²) >= 11 is 18.0. The van der Waals surface area contributed by atoms with Gasteiger partial charge in [0.05, 0.1) is 0 Å². The van der Waals surface area contributed by atoms with Crippen molar-refractivity contribution in [2.45, 2.75) is 12.8 Å². The van der Waals surface area contributed by atoms with Crippen molar-refractivity contribution >= 4 is 34.8 Å². The van der Waals surface area contributed by atoms with Crippen LogP contribution < -0.4 is 5.32 Å². The van der Waals surface area contributed by atoms with Crippen molar-refractivity contribution in [3.05, 3.63) is 44.5 Å². The highest BCUT2D eigenvalue weighted by Gasteiger charge is 2.10. The highest BCUT2D eigenvalue weighted by molar-refractivity contribution is 6.39. The summed E-state index contributed by atoms with van der Waals surface area (Å²) in [5.74, 6) is 0. The molecule has 0 radical (unpaired) electrons. The van der Waals surface area contributed by atoms with Crippen molar-refractivity contribution in [1.82, 2.24) is 5.32 Å². The van der Waals surface area contributed by atoms with Crippen molar-refractivity contribution in [3.63, 3.8) is 0 Å². The van der Waals surface area contributed by atoms with Crippen molar-refractivity contribution < 1.29 is 0 Å². The van der Waals surface area contributed by atoms with Crippen molar-refractivity contribution in [1.29, 1.82) is 0 Å². The highest BCUT2D eigenvalue weighted by Crippen LogP contribution is 2.30. The molecule has 1 aromatic rings. The van der Waals surface area contributed by atoms with E-state index in [1.165, 1.54) is 5.57 Å². The number of benzene rings is 1. The van der Waals surface area contributed by atoms with E-state index in [4.69, 9.17) is 34.8 Å². The lowest BCUT2D eigenvalue weighted by Crippen LogP contribution is -2.21. The van der Waals surface area contributed by atoms with Crippen molar-refractivity contribution in [3.8, 4) is 0 Å². The predicted molar refractivity (Wildman–Crippen MR) is 65.9 cm³/mol. The molecule has 0 fully saturated rings. The summed E-state index contributed by atoms with van der Waals surface area (Å²) in [4.78, 5) is 0. The number of hydrogen-bond acceptors (Lipinski definition) is 1. The van der Waals surface area contributed by atoms with E-state index in [2.05, 4.69) is 5.32 Å². The number of hydrogen-bond donors (Lipinski definition) is 1. The van der Waals surface area contributed by atoms with Crippen molar-refractivity contribution in [2.24, 2.45) is 0 Å². The third-order valence-electron chi connectivity index (χ3n) is 2.44. The van der Waals surface area contributed by atoms with E-state index < -0.39 is 0 Å². The minimum atomic E-state index is 0.582. The fraction of sp³-hybridized carbons (Fsp3) is 0.273. The molecule has 80 valence electrons. The Bertz CT molecular complexity index is 389. The maximum absolute atomic E-state index is 6.08. The average molecular weight is 263 g/mol. The molecular formula is C11H10Cl3N. The smallest absolute Gasteiger partial charge is 0.0467 e. The third-order valence-corrected chi connectivity index (χ3v) is 3.33. The molecule has 0 unspecified atom stereocenters. The van der Waals surface area contributed by atoms with Crippen molar-refractivity contribution in [2.75, 3.05) is 6.54 Å². The molecule has 4 heteroatoms. The van der Waals surface area contributed by atoms with E-state index >= 15 is 0 Å². The lowest BCUT2D eigenvalue weighted by atomic mass is 10.0. The molecule has 0 atom stereocenters. The molecule has 1 aromatic carbocycles. The van der Waals surface area contributed by atoms with Crippen LogP contribution in [0.4, 0.5) is 0 Å². The van der Waals surface area contributed by atoms with Gasteiger partial charge in [-0.15, -0.1) is 0 Å². The molecule has 0 saturated carbocycles. The largest absolute Gasteiger partial charge is 0.387 e. The van der Waals surface area contributed by atoms with Crippen LogP contribution in [0, 0.1) is 0 Å². The van der Waals surface area contributed by atoms with Gasteiger partial charge < -0.3 is 5.32 Å². The van der Waals surface area contributed by atoms with Gasteiger partial charge in [0.2, 0.25) is 0 Å². The van der Waals surface area contributed by atoms with E-state index in [1.807, 2.05) is 6.20 Å². The average Bonchev–Trinajstić information content (AvgIpc) is 2.06. The van der Waals surface area contributed by atoms with Gasteiger partial charge >= 0.3 is 0 Å². The normalized spacial score (nSPS) is 14.2. The van der Waals surface area contributed by atoms with Gasteiger partial charge in [-0.05, 0) is 42.3 Å². The molecule has 2 rings (SSSR count). The molecule has 1 nitrogen and oxygen atoms in total. The van der Waals surface area contributed by atoms with Gasteiger partial charge in [0.1, 0.15) is 0 Å². The van der Waals surface area contributed by atoms with E-state index in [9.17, 15) is 0 Å². The molecule has 0 aliphatic carbocycles. The first kappa shape index (κ1) is 11.1. The first-order valence-electron chi connectivity index (χ1n) is 4.71. The maximum atomic E-state index is 6.08.